The molecule has 2 aromatic rings. The number of hydrogen-bond donors (Lipinski definition) is 2. The highest BCUT2D eigenvalue weighted by Gasteiger charge is 2.18. The topological polar surface area (TPSA) is 70.6 Å². The first-order valence-electron chi connectivity index (χ1n) is 8.39. The molecule has 0 saturated heterocycles. The molecule has 0 radical (unpaired) electrons. The molecule has 2 N–H and O–H groups in total. The van der Waals surface area contributed by atoms with Crippen molar-refractivity contribution >= 4 is 0 Å². The number of aliphatic hydroxyl groups excluding tert-OH is 1. The lowest BCUT2D eigenvalue weighted by Crippen LogP contribution is -2.36. The Hall–Kier alpha value is -2.05. The molecule has 0 spiro atoms. The number of fused-ring (bicyclic) bond motifs is 1. The number of benzene rings is 1. The molecular weight excluding hydrogens is 306 g/mol. The maximum absolute atomic E-state index is 9.72. The molecule has 6 nitrogen and oxygen atoms in total. The zero-order valence-electron chi connectivity index (χ0n) is 14.5. The van der Waals surface area contributed by atoms with Crippen molar-refractivity contribution in [1.82, 2.24) is 15.1 Å². The van der Waals surface area contributed by atoms with E-state index in [1.54, 1.807) is 0 Å². The number of aromatic amines is 1. The van der Waals surface area contributed by atoms with Crippen LogP contribution in [-0.2, 0) is 6.54 Å². The highest BCUT2D eigenvalue weighted by atomic mass is 16.6. The average molecular weight is 331 g/mol. The number of nitrogens with zero attached hydrogens (tertiary/aromatic N) is 2. The largest absolute Gasteiger partial charge is 0.486 e. The van der Waals surface area contributed by atoms with E-state index in [1.165, 1.54) is 0 Å². The van der Waals surface area contributed by atoms with Gasteiger partial charge in [0.15, 0.2) is 11.5 Å². The Bertz CT molecular complexity index is 682. The molecule has 1 unspecified atom stereocenters. The summed E-state index contributed by atoms with van der Waals surface area (Å²) in [5.41, 5.74) is 3.09. The molecule has 1 aliphatic heterocycles. The molecular formula is C18H25N3O3. The maximum atomic E-state index is 9.72. The first-order valence-corrected chi connectivity index (χ1v) is 8.39. The van der Waals surface area contributed by atoms with E-state index in [4.69, 9.17) is 9.47 Å². The quantitative estimate of drug-likeness (QED) is 0.851. The molecule has 2 heterocycles. The van der Waals surface area contributed by atoms with Crippen LogP contribution in [0.5, 0.6) is 11.5 Å². The normalized spacial score (nSPS) is 15.1. The number of aromatic nitrogens is 2. The minimum absolute atomic E-state index is 0.336. The standard InChI is InChI=1S/C18H25N3O3/c1-12(2)21(10-13(3)22)11-15-9-19-20-18(15)14-4-5-16-17(8-14)24-7-6-23-16/h4-5,8-9,12-13,22H,6-7,10-11H2,1-3H3,(H,19,20). The van der Waals surface area contributed by atoms with Gasteiger partial charge in [-0.2, -0.15) is 5.10 Å². The van der Waals surface area contributed by atoms with Crippen LogP contribution in [0, 0.1) is 0 Å². The summed E-state index contributed by atoms with van der Waals surface area (Å²) < 4.78 is 11.3. The summed E-state index contributed by atoms with van der Waals surface area (Å²) in [7, 11) is 0. The molecule has 0 amide bonds. The first kappa shape index (κ1) is 16.8. The summed E-state index contributed by atoms with van der Waals surface area (Å²) in [5.74, 6) is 1.55. The van der Waals surface area contributed by atoms with Gasteiger partial charge in [0.05, 0.1) is 18.0 Å². The Morgan fingerprint density at radius 2 is 1.96 bits per heavy atom. The number of aliphatic hydroxyl groups is 1. The third kappa shape index (κ3) is 3.71. The summed E-state index contributed by atoms with van der Waals surface area (Å²) >= 11 is 0. The van der Waals surface area contributed by atoms with Crippen molar-refractivity contribution in [3.63, 3.8) is 0 Å². The van der Waals surface area contributed by atoms with Gasteiger partial charge in [-0.25, -0.2) is 0 Å². The summed E-state index contributed by atoms with van der Waals surface area (Å²) in [5, 5.41) is 17.0. The van der Waals surface area contributed by atoms with E-state index in [0.717, 1.165) is 34.9 Å². The monoisotopic (exact) mass is 331 g/mol. The van der Waals surface area contributed by atoms with Gasteiger partial charge in [0.25, 0.3) is 0 Å². The van der Waals surface area contributed by atoms with Crippen LogP contribution in [0.3, 0.4) is 0 Å². The van der Waals surface area contributed by atoms with Crippen LogP contribution in [0.4, 0.5) is 0 Å². The van der Waals surface area contributed by atoms with Gasteiger partial charge in [-0.15, -0.1) is 0 Å². The van der Waals surface area contributed by atoms with Crippen molar-refractivity contribution in [3.8, 4) is 22.8 Å². The van der Waals surface area contributed by atoms with Gasteiger partial charge < -0.3 is 14.6 Å². The Morgan fingerprint density at radius 1 is 1.21 bits per heavy atom. The Kier molecular flexibility index (Phi) is 5.06. The van der Waals surface area contributed by atoms with Gasteiger partial charge in [0.1, 0.15) is 13.2 Å². The van der Waals surface area contributed by atoms with Crippen molar-refractivity contribution in [1.29, 1.82) is 0 Å². The molecule has 130 valence electrons. The average Bonchev–Trinajstić information content (AvgIpc) is 3.01. The van der Waals surface area contributed by atoms with Gasteiger partial charge in [0.2, 0.25) is 0 Å². The third-order valence-corrected chi connectivity index (χ3v) is 4.15. The molecule has 0 fully saturated rings. The minimum Gasteiger partial charge on any atom is -0.486 e. The third-order valence-electron chi connectivity index (χ3n) is 4.15. The van der Waals surface area contributed by atoms with Gasteiger partial charge in [-0.1, -0.05) is 0 Å². The smallest absolute Gasteiger partial charge is 0.162 e. The van der Waals surface area contributed by atoms with E-state index in [2.05, 4.69) is 28.9 Å². The highest BCUT2D eigenvalue weighted by Crippen LogP contribution is 2.35. The number of nitrogens with one attached hydrogen (secondary N) is 1. The van der Waals surface area contributed by atoms with Crippen molar-refractivity contribution in [2.45, 2.75) is 39.5 Å². The second kappa shape index (κ2) is 7.23. The van der Waals surface area contributed by atoms with Crippen LogP contribution in [0.25, 0.3) is 11.3 Å². The maximum Gasteiger partial charge on any atom is 0.162 e. The van der Waals surface area contributed by atoms with E-state index in [9.17, 15) is 5.11 Å². The van der Waals surface area contributed by atoms with E-state index in [0.29, 0.717) is 25.8 Å². The predicted octanol–water partition coefficient (Wildman–Crippen LogP) is 2.44. The number of H-pyrrole nitrogens is 1. The zero-order chi connectivity index (χ0) is 17.1. The van der Waals surface area contributed by atoms with E-state index in [-0.39, 0.29) is 6.10 Å². The molecule has 3 rings (SSSR count). The molecule has 0 aliphatic carbocycles. The lowest BCUT2D eigenvalue weighted by Gasteiger charge is -2.27. The van der Waals surface area contributed by atoms with Crippen molar-refractivity contribution in [2.24, 2.45) is 0 Å². The lowest BCUT2D eigenvalue weighted by molar-refractivity contribution is 0.103. The first-order chi connectivity index (χ1) is 11.5. The molecule has 24 heavy (non-hydrogen) atoms. The summed E-state index contributed by atoms with van der Waals surface area (Å²) in [6.07, 6.45) is 1.49. The van der Waals surface area contributed by atoms with Crippen LogP contribution in [-0.4, -0.2) is 52.1 Å². The van der Waals surface area contributed by atoms with Crippen molar-refractivity contribution in [3.05, 3.63) is 30.0 Å². The fraction of sp³-hybridized carbons (Fsp3) is 0.500. The van der Waals surface area contributed by atoms with Crippen LogP contribution in [0.1, 0.15) is 26.3 Å². The van der Waals surface area contributed by atoms with Crippen LogP contribution >= 0.6 is 0 Å². The second-order valence-corrected chi connectivity index (χ2v) is 6.50. The van der Waals surface area contributed by atoms with Crippen LogP contribution in [0.2, 0.25) is 0 Å². The van der Waals surface area contributed by atoms with Crippen LogP contribution in [0.15, 0.2) is 24.4 Å². The number of rotatable bonds is 6. The zero-order valence-corrected chi connectivity index (χ0v) is 14.5. The fourth-order valence-corrected chi connectivity index (χ4v) is 2.90. The fourth-order valence-electron chi connectivity index (χ4n) is 2.90. The van der Waals surface area contributed by atoms with E-state index < -0.39 is 0 Å². The van der Waals surface area contributed by atoms with Gasteiger partial charge >= 0.3 is 0 Å². The molecule has 6 heteroatoms. The molecule has 1 atom stereocenters. The van der Waals surface area contributed by atoms with E-state index >= 15 is 0 Å². The summed E-state index contributed by atoms with van der Waals surface area (Å²) in [6, 6.07) is 6.27. The van der Waals surface area contributed by atoms with Crippen molar-refractivity contribution in [2.75, 3.05) is 19.8 Å². The predicted molar refractivity (Wildman–Crippen MR) is 92.2 cm³/mol. The Balaban J connectivity index is 1.84. The molecule has 0 bridgehead atoms. The Labute approximate surface area is 142 Å². The van der Waals surface area contributed by atoms with Gasteiger partial charge in [-0.05, 0) is 39.0 Å². The summed E-state index contributed by atoms with van der Waals surface area (Å²) in [4.78, 5) is 2.23. The highest BCUT2D eigenvalue weighted by molar-refractivity contribution is 5.66. The number of ether oxygens (including phenoxy) is 2. The molecule has 1 aliphatic rings. The van der Waals surface area contributed by atoms with Gasteiger partial charge in [-0.3, -0.25) is 10.00 Å². The summed E-state index contributed by atoms with van der Waals surface area (Å²) in [6.45, 7) is 8.59. The Morgan fingerprint density at radius 3 is 2.67 bits per heavy atom. The number of hydrogen-bond acceptors (Lipinski definition) is 5. The van der Waals surface area contributed by atoms with Crippen LogP contribution < -0.4 is 9.47 Å². The SMILES string of the molecule is CC(O)CN(Cc1cn[nH]c1-c1ccc2c(c1)OCCO2)C(C)C. The van der Waals surface area contributed by atoms with E-state index in [1.807, 2.05) is 31.3 Å². The van der Waals surface area contributed by atoms with Crippen molar-refractivity contribution < 1.29 is 14.6 Å². The van der Waals surface area contributed by atoms with Gasteiger partial charge in [0, 0.05) is 30.3 Å². The molecule has 1 aromatic carbocycles. The lowest BCUT2D eigenvalue weighted by atomic mass is 10.1. The second-order valence-electron chi connectivity index (χ2n) is 6.50. The molecule has 1 aromatic heterocycles. The minimum atomic E-state index is -0.364. The molecule has 0 saturated carbocycles.